The Hall–Kier alpha value is -0.600. The van der Waals surface area contributed by atoms with E-state index in [2.05, 4.69) is 42.5 Å². The molecule has 0 aliphatic carbocycles. The zero-order valence-electron chi connectivity index (χ0n) is 10.2. The van der Waals surface area contributed by atoms with Gasteiger partial charge in [-0.05, 0) is 47.1 Å². The van der Waals surface area contributed by atoms with E-state index >= 15 is 0 Å². The first-order valence-corrected chi connectivity index (χ1v) is 7.39. The van der Waals surface area contributed by atoms with Crippen molar-refractivity contribution in [2.24, 2.45) is 5.41 Å². The minimum atomic E-state index is -4.58. The average Bonchev–Trinajstić information content (AvgIpc) is 2.83. The lowest BCUT2D eigenvalue weighted by Gasteiger charge is -2.29. The molecule has 1 heterocycles. The van der Waals surface area contributed by atoms with E-state index in [1.54, 1.807) is 18.2 Å². The Bertz CT molecular complexity index is 528. The molecule has 2 N–H and O–H groups in total. The van der Waals surface area contributed by atoms with Gasteiger partial charge in [0.15, 0.2) is 5.41 Å². The van der Waals surface area contributed by atoms with Gasteiger partial charge in [-0.1, -0.05) is 15.9 Å². The van der Waals surface area contributed by atoms with E-state index in [-0.39, 0.29) is 13.0 Å². The Labute approximate surface area is 130 Å². The second-order valence-corrected chi connectivity index (χ2v) is 6.35. The van der Waals surface area contributed by atoms with Crippen molar-refractivity contribution >= 4 is 43.5 Å². The monoisotopic (exact) mass is 414 g/mol. The molecule has 1 unspecified atom stereocenters. The molecule has 110 valence electrons. The van der Waals surface area contributed by atoms with E-state index < -0.39 is 24.0 Å². The molecular formula is C12H11Br2F3N2O. The van der Waals surface area contributed by atoms with Gasteiger partial charge in [-0.25, -0.2) is 0 Å². The summed E-state index contributed by atoms with van der Waals surface area (Å²) < 4.78 is 40.9. The molecule has 0 saturated carbocycles. The minimum Gasteiger partial charge on any atom is -0.324 e. The first kappa shape index (κ1) is 15.8. The first-order valence-electron chi connectivity index (χ1n) is 5.80. The van der Waals surface area contributed by atoms with Crippen molar-refractivity contribution < 1.29 is 18.0 Å². The van der Waals surface area contributed by atoms with Crippen LogP contribution in [0, 0.1) is 5.41 Å². The van der Waals surface area contributed by atoms with E-state index in [1.165, 1.54) is 0 Å². The highest BCUT2D eigenvalue weighted by Gasteiger charge is 2.61. The van der Waals surface area contributed by atoms with Gasteiger partial charge in [0.05, 0.1) is 5.69 Å². The zero-order valence-corrected chi connectivity index (χ0v) is 13.3. The zero-order chi connectivity index (χ0) is 15.0. The number of halogens is 5. The van der Waals surface area contributed by atoms with Crippen LogP contribution in [-0.4, -0.2) is 25.2 Å². The maximum absolute atomic E-state index is 13.2. The van der Waals surface area contributed by atoms with Crippen molar-refractivity contribution in [2.45, 2.75) is 12.6 Å². The number of hydrogen-bond acceptors (Lipinski definition) is 2. The van der Waals surface area contributed by atoms with Gasteiger partial charge in [0.1, 0.15) is 0 Å². The summed E-state index contributed by atoms with van der Waals surface area (Å²) in [5.41, 5.74) is -2.06. The fourth-order valence-corrected chi connectivity index (χ4v) is 2.80. The number of anilines is 1. The molecule has 1 aliphatic heterocycles. The molecule has 1 atom stereocenters. The quantitative estimate of drug-likeness (QED) is 0.773. The number of carbonyl (C=O) groups excluding carboxylic acids is 1. The van der Waals surface area contributed by atoms with Crippen LogP contribution in [0.15, 0.2) is 27.1 Å². The number of alkyl halides is 3. The van der Waals surface area contributed by atoms with E-state index in [4.69, 9.17) is 0 Å². The van der Waals surface area contributed by atoms with Crippen LogP contribution < -0.4 is 10.6 Å². The van der Waals surface area contributed by atoms with Gasteiger partial charge in [0, 0.05) is 15.5 Å². The molecule has 20 heavy (non-hydrogen) atoms. The average molecular weight is 416 g/mol. The topological polar surface area (TPSA) is 41.1 Å². The lowest BCUT2D eigenvalue weighted by molar-refractivity contribution is -0.213. The van der Waals surface area contributed by atoms with E-state index in [0.717, 1.165) is 0 Å². The van der Waals surface area contributed by atoms with Crippen molar-refractivity contribution in [1.29, 1.82) is 0 Å². The van der Waals surface area contributed by atoms with Crippen LogP contribution in [-0.2, 0) is 4.79 Å². The number of nitrogens with one attached hydrogen (secondary N) is 2. The van der Waals surface area contributed by atoms with Gasteiger partial charge in [-0.3, -0.25) is 4.79 Å². The Morgan fingerprint density at radius 2 is 2.05 bits per heavy atom. The third-order valence-corrected chi connectivity index (χ3v) is 4.49. The molecular weight excluding hydrogens is 405 g/mol. The standard InChI is InChI=1S/C12H11Br2F3N2O/c13-7-1-2-8(14)9(5-7)19-10(20)11(12(15,16)17)3-4-18-6-11/h1-2,5,18H,3-4,6H2,(H,19,20). The smallest absolute Gasteiger partial charge is 0.324 e. The van der Waals surface area contributed by atoms with Crippen molar-refractivity contribution in [3.8, 4) is 0 Å². The number of rotatable bonds is 2. The molecule has 1 aliphatic rings. The maximum Gasteiger partial charge on any atom is 0.404 e. The van der Waals surface area contributed by atoms with Crippen LogP contribution >= 0.6 is 31.9 Å². The molecule has 0 radical (unpaired) electrons. The number of benzene rings is 1. The molecule has 1 fully saturated rings. The lowest BCUT2D eigenvalue weighted by atomic mass is 9.85. The van der Waals surface area contributed by atoms with E-state index in [0.29, 0.717) is 14.6 Å². The van der Waals surface area contributed by atoms with Crippen LogP contribution in [0.5, 0.6) is 0 Å². The van der Waals surface area contributed by atoms with Gasteiger partial charge in [-0.2, -0.15) is 13.2 Å². The molecule has 1 aromatic rings. The summed E-state index contributed by atoms with van der Waals surface area (Å²) in [5.74, 6) is -1.03. The predicted octanol–water partition coefficient (Wildman–Crippen LogP) is 3.69. The molecule has 1 saturated heterocycles. The van der Waals surface area contributed by atoms with Crippen molar-refractivity contribution in [3.05, 3.63) is 27.1 Å². The number of hydrogen-bond donors (Lipinski definition) is 2. The maximum atomic E-state index is 13.2. The summed E-state index contributed by atoms with van der Waals surface area (Å²) >= 11 is 6.42. The van der Waals surface area contributed by atoms with Crippen molar-refractivity contribution in [3.63, 3.8) is 0 Å². The lowest BCUT2D eigenvalue weighted by Crippen LogP contribution is -2.49. The predicted molar refractivity (Wildman–Crippen MR) is 76.4 cm³/mol. The molecule has 8 heteroatoms. The van der Waals surface area contributed by atoms with Gasteiger partial charge in [-0.15, -0.1) is 0 Å². The molecule has 0 spiro atoms. The molecule has 1 amide bonds. The summed E-state index contributed by atoms with van der Waals surface area (Å²) in [4.78, 5) is 12.1. The summed E-state index contributed by atoms with van der Waals surface area (Å²) in [6.45, 7) is -0.222. The van der Waals surface area contributed by atoms with Crippen LogP contribution in [0.3, 0.4) is 0 Å². The Morgan fingerprint density at radius 3 is 2.60 bits per heavy atom. The van der Waals surface area contributed by atoms with Crippen LogP contribution in [0.4, 0.5) is 18.9 Å². The summed E-state index contributed by atoms with van der Waals surface area (Å²) in [6, 6.07) is 4.91. The highest BCUT2D eigenvalue weighted by Crippen LogP contribution is 2.44. The normalized spacial score (nSPS) is 22.9. The fourth-order valence-electron chi connectivity index (χ4n) is 2.09. The molecule has 2 rings (SSSR count). The van der Waals surface area contributed by atoms with E-state index in [9.17, 15) is 18.0 Å². The Balaban J connectivity index is 2.28. The van der Waals surface area contributed by atoms with E-state index in [1.807, 2.05) is 0 Å². The SMILES string of the molecule is O=C(Nc1cc(Br)ccc1Br)C1(C(F)(F)F)CCNC1. The summed E-state index contributed by atoms with van der Waals surface area (Å²) in [7, 11) is 0. The van der Waals surface area contributed by atoms with Crippen molar-refractivity contribution in [1.82, 2.24) is 5.32 Å². The minimum absolute atomic E-state index is 0.173. The van der Waals surface area contributed by atoms with Gasteiger partial charge in [0.25, 0.3) is 0 Å². The van der Waals surface area contributed by atoms with Gasteiger partial charge < -0.3 is 10.6 Å². The molecule has 0 aromatic heterocycles. The number of amides is 1. The third-order valence-electron chi connectivity index (χ3n) is 3.31. The summed E-state index contributed by atoms with van der Waals surface area (Å²) in [6.07, 6.45) is -4.84. The summed E-state index contributed by atoms with van der Waals surface area (Å²) in [5, 5.41) is 4.98. The molecule has 3 nitrogen and oxygen atoms in total. The molecule has 1 aromatic carbocycles. The fraction of sp³-hybridized carbons (Fsp3) is 0.417. The Kier molecular flexibility index (Phi) is 4.46. The van der Waals surface area contributed by atoms with Gasteiger partial charge in [0.2, 0.25) is 5.91 Å². The van der Waals surface area contributed by atoms with Crippen molar-refractivity contribution in [2.75, 3.05) is 18.4 Å². The number of carbonyl (C=O) groups is 1. The van der Waals surface area contributed by atoms with Crippen LogP contribution in [0.2, 0.25) is 0 Å². The first-order chi connectivity index (χ1) is 9.26. The Morgan fingerprint density at radius 1 is 1.35 bits per heavy atom. The molecule has 0 bridgehead atoms. The highest BCUT2D eigenvalue weighted by atomic mass is 79.9. The van der Waals surface area contributed by atoms with Gasteiger partial charge >= 0.3 is 6.18 Å². The second kappa shape index (κ2) is 5.65. The second-order valence-electron chi connectivity index (χ2n) is 4.58. The van der Waals surface area contributed by atoms with Crippen LogP contribution in [0.1, 0.15) is 6.42 Å². The largest absolute Gasteiger partial charge is 0.404 e. The highest BCUT2D eigenvalue weighted by molar-refractivity contribution is 9.11. The van der Waals surface area contributed by atoms with Crippen LogP contribution in [0.25, 0.3) is 0 Å². The third kappa shape index (κ3) is 2.87.